The van der Waals surface area contributed by atoms with Crippen molar-refractivity contribution in [1.82, 2.24) is 0 Å². The Morgan fingerprint density at radius 3 is 1.16 bits per heavy atom. The van der Waals surface area contributed by atoms with Gasteiger partial charge in [0.2, 0.25) is 0 Å². The molecule has 0 aromatic heterocycles. The van der Waals surface area contributed by atoms with Crippen molar-refractivity contribution in [2.75, 3.05) is 0 Å². The molecule has 0 aliphatic heterocycles. The predicted octanol–water partition coefficient (Wildman–Crippen LogP) is 5.29. The van der Waals surface area contributed by atoms with Crippen LogP contribution in [0.25, 0.3) is 0 Å². The molecule has 0 heterocycles. The predicted molar refractivity (Wildman–Crippen MR) is 104 cm³/mol. The minimum atomic E-state index is -4.67. The van der Waals surface area contributed by atoms with E-state index in [1.165, 1.54) is 89.9 Å². The maximum atomic E-state index is 10.8. The van der Waals surface area contributed by atoms with Gasteiger partial charge in [0.1, 0.15) is 0 Å². The molecule has 0 spiro atoms. The molecular weight excluding hydrogens is 351 g/mol. The van der Waals surface area contributed by atoms with Crippen molar-refractivity contribution in [1.29, 1.82) is 0 Å². The Labute approximate surface area is 172 Å². The summed E-state index contributed by atoms with van der Waals surface area (Å²) in [5.41, 5.74) is 0. The molecule has 0 unspecified atom stereocenters. The van der Waals surface area contributed by atoms with Crippen LogP contribution in [0.4, 0.5) is 0 Å². The van der Waals surface area contributed by atoms with E-state index in [2.05, 4.69) is 6.92 Å². The van der Waals surface area contributed by atoms with Gasteiger partial charge in [-0.25, -0.2) is 0 Å². The summed E-state index contributed by atoms with van der Waals surface area (Å²) in [6.45, 7) is 2.28. The van der Waals surface area contributed by atoms with Gasteiger partial charge in [-0.15, -0.1) is 0 Å². The maximum Gasteiger partial charge on any atom is 0.394 e. The van der Waals surface area contributed by atoms with E-state index in [0.717, 1.165) is 40.8 Å². The van der Waals surface area contributed by atoms with Gasteiger partial charge in [0.25, 0.3) is 0 Å². The van der Waals surface area contributed by atoms with E-state index in [1.54, 1.807) is 0 Å². The monoisotopic (exact) mass is 388 g/mol. The summed E-state index contributed by atoms with van der Waals surface area (Å²) >= 11 is 0.751. The van der Waals surface area contributed by atoms with Crippen LogP contribution in [0.3, 0.4) is 0 Å². The molecule has 0 saturated carbocycles. The molecule has 0 aromatic rings. The number of carbonyl (C=O) groups excluding carboxylic acids is 1. The number of hydrogen-bond acceptors (Lipinski definition) is 3. The Hall–Kier alpha value is 0.540. The van der Waals surface area contributed by atoms with Crippen LogP contribution in [0.1, 0.15) is 110 Å². The summed E-state index contributed by atoms with van der Waals surface area (Å²) in [6.07, 6.45) is 21.8. The second-order valence-corrected chi connectivity index (χ2v) is 8.86. The first-order valence-electron chi connectivity index (χ1n) is 9.96. The molecule has 0 amide bonds. The zero-order chi connectivity index (χ0) is 19.4. The number of hydrogen-bond donors (Lipinski definition) is 2. The molecular formula is C18H37NaO5S. The quantitative estimate of drug-likeness (QED) is 0.213. The van der Waals surface area contributed by atoms with Crippen molar-refractivity contribution in [3.63, 3.8) is 0 Å². The van der Waals surface area contributed by atoms with Crippen LogP contribution in [0.5, 0.6) is 0 Å². The first-order valence-corrected chi connectivity index (χ1v) is 12.4. The fourth-order valence-electron chi connectivity index (χ4n) is 2.75. The average Bonchev–Trinajstić information content (AvgIpc) is 2.49. The smallest absolute Gasteiger partial charge is 0.264 e. The van der Waals surface area contributed by atoms with Crippen molar-refractivity contribution in [3.05, 3.63) is 0 Å². The van der Waals surface area contributed by atoms with E-state index >= 15 is 0 Å². The zero-order valence-corrected chi connectivity index (χ0v) is 19.2. The Bertz CT molecular complexity index is 377. The van der Waals surface area contributed by atoms with Gasteiger partial charge in [-0.2, -0.15) is 8.42 Å². The molecule has 0 aliphatic rings. The van der Waals surface area contributed by atoms with Crippen molar-refractivity contribution in [3.8, 4) is 0 Å². The molecule has 0 fully saturated rings. The van der Waals surface area contributed by atoms with Gasteiger partial charge >= 0.3 is 117 Å². The molecule has 0 atom stereocenters. The summed E-state index contributed by atoms with van der Waals surface area (Å²) < 4.78 is 32.1. The van der Waals surface area contributed by atoms with Crippen LogP contribution < -0.4 is 0 Å². The van der Waals surface area contributed by atoms with Crippen LogP contribution in [0, 0.1) is 0 Å². The summed E-state index contributed by atoms with van der Waals surface area (Å²) in [5.74, 6) is 0. The summed E-state index contributed by atoms with van der Waals surface area (Å²) in [6, 6.07) is 0. The Balaban J connectivity index is 0. The van der Waals surface area contributed by atoms with Crippen LogP contribution in [0.15, 0.2) is 0 Å². The van der Waals surface area contributed by atoms with Gasteiger partial charge in [0, 0.05) is 0 Å². The Kier molecular flexibility index (Phi) is 23.1. The van der Waals surface area contributed by atoms with E-state index in [4.69, 9.17) is 17.5 Å². The van der Waals surface area contributed by atoms with Gasteiger partial charge in [-0.1, -0.05) is 39.0 Å². The van der Waals surface area contributed by atoms with E-state index in [0.29, 0.717) is 3.03 Å². The van der Waals surface area contributed by atoms with Gasteiger partial charge in [0.05, 0.1) is 0 Å². The van der Waals surface area contributed by atoms with Gasteiger partial charge < -0.3 is 0 Å². The molecule has 146 valence electrons. The van der Waals surface area contributed by atoms with Gasteiger partial charge in [-0.05, 0) is 0 Å². The molecule has 0 aromatic carbocycles. The molecule has 7 heteroatoms. The van der Waals surface area contributed by atoms with Crippen molar-refractivity contribution < 1.29 is 22.3 Å². The topological polar surface area (TPSA) is 91.7 Å². The van der Waals surface area contributed by atoms with Crippen LogP contribution in [-0.2, 0) is 15.2 Å². The van der Waals surface area contributed by atoms with E-state index in [1.807, 2.05) is 0 Å². The summed E-state index contributed by atoms with van der Waals surface area (Å²) in [7, 11) is -4.67. The third kappa shape index (κ3) is 40.5. The average molecular weight is 389 g/mol. The van der Waals surface area contributed by atoms with Crippen molar-refractivity contribution >= 4 is 41.4 Å². The fraction of sp³-hybridized carbons (Fsp3) is 0.944. The largest absolute Gasteiger partial charge is 0.394 e. The SMILES string of the molecule is CCCCCCCCCCCCCCCCC[C](=O)[Na].O=S(=O)(O)O. The second-order valence-electron chi connectivity index (χ2n) is 6.85. The number of rotatable bonds is 16. The molecule has 0 saturated heterocycles. The first-order chi connectivity index (χ1) is 11.8. The maximum absolute atomic E-state index is 10.8. The van der Waals surface area contributed by atoms with Crippen LogP contribution >= 0.6 is 0 Å². The molecule has 0 rings (SSSR count). The fourth-order valence-corrected chi connectivity index (χ4v) is 3.10. The van der Waals surface area contributed by atoms with Crippen molar-refractivity contribution in [2.24, 2.45) is 0 Å². The summed E-state index contributed by atoms with van der Waals surface area (Å²) in [4.78, 5) is 10.8. The number of carbonyl (C=O) groups is 1. The van der Waals surface area contributed by atoms with Crippen LogP contribution in [-0.4, -0.2) is 48.5 Å². The molecule has 2 N–H and O–H groups in total. The van der Waals surface area contributed by atoms with Crippen molar-refractivity contribution in [2.45, 2.75) is 110 Å². The minimum absolute atomic E-state index is 0.486. The zero-order valence-electron chi connectivity index (χ0n) is 16.3. The molecule has 25 heavy (non-hydrogen) atoms. The second kappa shape index (κ2) is 20.8. The Morgan fingerprint density at radius 2 is 0.920 bits per heavy atom. The molecule has 0 radical (unpaired) electrons. The van der Waals surface area contributed by atoms with E-state index in [-0.39, 0.29) is 0 Å². The standard InChI is InChI=1S/C18H35O.Na.H2O4S/c1-2-3-4-5-6-7-8-9-10-11-12-13-14-15-16-17-18-19;;1-5(2,3)4/h2-17H2,1H3;;(H2,1,2,3,4). The number of unbranched alkanes of at least 4 members (excludes halogenated alkanes) is 14. The third-order valence-electron chi connectivity index (χ3n) is 4.13. The summed E-state index contributed by atoms with van der Waals surface area (Å²) in [5, 5.41) is 0. The molecule has 0 aliphatic carbocycles. The first kappa shape index (κ1) is 27.8. The van der Waals surface area contributed by atoms with Gasteiger partial charge in [0.15, 0.2) is 0 Å². The Morgan fingerprint density at radius 1 is 0.680 bits per heavy atom. The van der Waals surface area contributed by atoms with E-state index in [9.17, 15) is 4.79 Å². The van der Waals surface area contributed by atoms with E-state index < -0.39 is 10.4 Å². The van der Waals surface area contributed by atoms with Crippen LogP contribution in [0.2, 0.25) is 0 Å². The third-order valence-corrected chi connectivity index (χ3v) is 4.63. The normalized spacial score (nSPS) is 11.1. The van der Waals surface area contributed by atoms with Gasteiger partial charge in [-0.3, -0.25) is 9.11 Å². The molecule has 0 bridgehead atoms. The minimum Gasteiger partial charge on any atom is -0.264 e. The molecule has 5 nitrogen and oxygen atoms in total.